The van der Waals surface area contributed by atoms with Crippen LogP contribution in [0.5, 0.6) is 0 Å². The third kappa shape index (κ3) is 4.49. The van der Waals surface area contributed by atoms with Crippen LogP contribution in [0.4, 0.5) is 5.69 Å². The summed E-state index contributed by atoms with van der Waals surface area (Å²) in [6, 6.07) is 7.24. The second-order valence-electron chi connectivity index (χ2n) is 4.78. The lowest BCUT2D eigenvalue weighted by Gasteiger charge is -2.23. The summed E-state index contributed by atoms with van der Waals surface area (Å²) in [4.78, 5) is 0. The maximum Gasteiger partial charge on any atom is 0.301 e. The van der Waals surface area contributed by atoms with Gasteiger partial charge in [-0.25, -0.2) is 0 Å². The Morgan fingerprint density at radius 3 is 2.26 bits per heavy atom. The summed E-state index contributed by atoms with van der Waals surface area (Å²) in [5.74, 6) is 0.271. The minimum absolute atomic E-state index is 0.271. The van der Waals surface area contributed by atoms with Gasteiger partial charge < -0.3 is 5.73 Å². The van der Waals surface area contributed by atoms with Crippen molar-refractivity contribution in [1.82, 2.24) is 4.72 Å². The molecule has 0 heterocycles. The summed E-state index contributed by atoms with van der Waals surface area (Å²) >= 11 is 0. The van der Waals surface area contributed by atoms with E-state index in [1.807, 2.05) is 32.9 Å². The molecule has 0 fully saturated rings. The van der Waals surface area contributed by atoms with E-state index in [1.165, 1.54) is 4.31 Å². The van der Waals surface area contributed by atoms with Crippen LogP contribution in [0.25, 0.3) is 0 Å². The van der Waals surface area contributed by atoms with Gasteiger partial charge in [-0.1, -0.05) is 26.0 Å². The number of hydrogen-bond acceptors (Lipinski definition) is 3. The Kier molecular flexibility index (Phi) is 5.78. The summed E-state index contributed by atoms with van der Waals surface area (Å²) in [5.41, 5.74) is 7.16. The van der Waals surface area contributed by atoms with Gasteiger partial charge in [-0.15, -0.1) is 0 Å². The first-order valence-electron chi connectivity index (χ1n) is 6.47. The fourth-order valence-electron chi connectivity index (χ4n) is 1.64. The van der Waals surface area contributed by atoms with Crippen LogP contribution in [-0.2, 0) is 16.8 Å². The van der Waals surface area contributed by atoms with Gasteiger partial charge in [-0.05, 0) is 30.5 Å². The molecule has 0 aromatic heterocycles. The van der Waals surface area contributed by atoms with E-state index < -0.39 is 10.2 Å². The van der Waals surface area contributed by atoms with E-state index in [9.17, 15) is 8.42 Å². The third-order valence-corrected chi connectivity index (χ3v) is 4.29. The van der Waals surface area contributed by atoms with E-state index >= 15 is 0 Å². The number of rotatable bonds is 7. The predicted molar refractivity (Wildman–Crippen MR) is 79.1 cm³/mol. The van der Waals surface area contributed by atoms with Crippen molar-refractivity contribution in [3.8, 4) is 0 Å². The molecule has 0 amide bonds. The van der Waals surface area contributed by atoms with Crippen molar-refractivity contribution in [2.24, 2.45) is 11.7 Å². The van der Waals surface area contributed by atoms with Crippen molar-refractivity contribution in [2.75, 3.05) is 17.4 Å². The molecule has 0 unspecified atom stereocenters. The maximum atomic E-state index is 12.2. The van der Waals surface area contributed by atoms with Crippen LogP contribution < -0.4 is 14.8 Å². The number of anilines is 1. The minimum atomic E-state index is -3.49. The molecule has 1 aromatic carbocycles. The summed E-state index contributed by atoms with van der Waals surface area (Å²) in [6.45, 7) is 7.01. The maximum absolute atomic E-state index is 12.2. The highest BCUT2D eigenvalue weighted by molar-refractivity contribution is 7.90. The van der Waals surface area contributed by atoms with Crippen molar-refractivity contribution >= 4 is 15.9 Å². The van der Waals surface area contributed by atoms with Crippen LogP contribution in [0.1, 0.15) is 26.3 Å². The first-order valence-corrected chi connectivity index (χ1v) is 7.91. The van der Waals surface area contributed by atoms with Crippen molar-refractivity contribution in [3.05, 3.63) is 29.8 Å². The van der Waals surface area contributed by atoms with E-state index in [-0.39, 0.29) is 5.92 Å². The third-order valence-electron chi connectivity index (χ3n) is 2.71. The Morgan fingerprint density at radius 1 is 1.26 bits per heavy atom. The van der Waals surface area contributed by atoms with E-state index in [0.29, 0.717) is 25.3 Å². The van der Waals surface area contributed by atoms with E-state index in [0.717, 1.165) is 5.56 Å². The second kappa shape index (κ2) is 6.88. The van der Waals surface area contributed by atoms with Crippen molar-refractivity contribution < 1.29 is 8.42 Å². The van der Waals surface area contributed by atoms with Crippen molar-refractivity contribution in [2.45, 2.75) is 27.3 Å². The second-order valence-corrected chi connectivity index (χ2v) is 6.46. The summed E-state index contributed by atoms with van der Waals surface area (Å²) in [7, 11) is -3.49. The molecular weight excluding hydrogens is 262 g/mol. The number of hydrogen-bond donors (Lipinski definition) is 2. The fraction of sp³-hybridized carbons (Fsp3) is 0.538. The van der Waals surface area contributed by atoms with Gasteiger partial charge in [0.15, 0.2) is 0 Å². The minimum Gasteiger partial charge on any atom is -0.326 e. The van der Waals surface area contributed by atoms with Crippen LogP contribution in [0.3, 0.4) is 0 Å². The smallest absolute Gasteiger partial charge is 0.301 e. The Balaban J connectivity index is 2.92. The van der Waals surface area contributed by atoms with E-state index in [1.54, 1.807) is 12.1 Å². The lowest BCUT2D eigenvalue weighted by Crippen LogP contribution is -2.42. The van der Waals surface area contributed by atoms with Crippen molar-refractivity contribution in [3.63, 3.8) is 0 Å². The molecule has 0 atom stereocenters. The SMILES string of the molecule is CCN(c1ccc(CN)cc1)S(=O)(=O)NCC(C)C. The molecule has 1 rings (SSSR count). The molecule has 0 aliphatic carbocycles. The van der Waals surface area contributed by atoms with Gasteiger partial charge in [0, 0.05) is 19.6 Å². The Hall–Kier alpha value is -1.11. The molecule has 3 N–H and O–H groups in total. The average Bonchev–Trinajstić information content (AvgIpc) is 2.38. The molecule has 0 aliphatic rings. The molecular formula is C13H23N3O2S. The normalized spacial score (nSPS) is 11.8. The molecule has 0 saturated carbocycles. The number of nitrogens with zero attached hydrogens (tertiary/aromatic N) is 1. The zero-order valence-electron chi connectivity index (χ0n) is 11.8. The van der Waals surface area contributed by atoms with Crippen LogP contribution in [0.15, 0.2) is 24.3 Å². The van der Waals surface area contributed by atoms with Crippen molar-refractivity contribution in [1.29, 1.82) is 0 Å². The standard InChI is InChI=1S/C13H23N3O2S/c1-4-16(19(17,18)15-10-11(2)3)13-7-5-12(9-14)6-8-13/h5-8,11,15H,4,9-10,14H2,1-3H3. The Bertz CT molecular complexity index is 483. The number of nitrogens with two attached hydrogens (primary N) is 1. The molecule has 0 radical (unpaired) electrons. The Morgan fingerprint density at radius 2 is 1.84 bits per heavy atom. The van der Waals surface area contributed by atoms with Crippen LogP contribution >= 0.6 is 0 Å². The van der Waals surface area contributed by atoms with Crippen LogP contribution in [0, 0.1) is 5.92 Å². The van der Waals surface area contributed by atoms with Crippen LogP contribution in [0.2, 0.25) is 0 Å². The molecule has 0 saturated heterocycles. The fourth-order valence-corrected chi connectivity index (χ4v) is 3.08. The van der Waals surface area contributed by atoms with Gasteiger partial charge in [0.1, 0.15) is 0 Å². The zero-order valence-corrected chi connectivity index (χ0v) is 12.6. The zero-order chi connectivity index (χ0) is 14.5. The molecule has 5 nitrogen and oxygen atoms in total. The average molecular weight is 285 g/mol. The first-order chi connectivity index (χ1) is 8.90. The summed E-state index contributed by atoms with van der Waals surface area (Å²) in [5, 5.41) is 0. The number of nitrogens with one attached hydrogen (secondary N) is 1. The molecule has 19 heavy (non-hydrogen) atoms. The molecule has 6 heteroatoms. The quantitative estimate of drug-likeness (QED) is 0.796. The highest BCUT2D eigenvalue weighted by Gasteiger charge is 2.20. The predicted octanol–water partition coefficient (Wildman–Crippen LogP) is 1.46. The van der Waals surface area contributed by atoms with Gasteiger partial charge in [-0.3, -0.25) is 4.31 Å². The molecule has 1 aromatic rings. The molecule has 0 spiro atoms. The topological polar surface area (TPSA) is 75.4 Å². The van der Waals surface area contributed by atoms with Gasteiger partial charge in [0.2, 0.25) is 0 Å². The molecule has 108 valence electrons. The summed E-state index contributed by atoms with van der Waals surface area (Å²) in [6.07, 6.45) is 0. The largest absolute Gasteiger partial charge is 0.326 e. The Labute approximate surface area is 116 Å². The van der Waals surface area contributed by atoms with Gasteiger partial charge in [0.05, 0.1) is 5.69 Å². The first kappa shape index (κ1) is 15.9. The highest BCUT2D eigenvalue weighted by atomic mass is 32.2. The van der Waals surface area contributed by atoms with Crippen LogP contribution in [-0.4, -0.2) is 21.5 Å². The molecule has 0 bridgehead atoms. The highest BCUT2D eigenvalue weighted by Crippen LogP contribution is 2.17. The number of benzene rings is 1. The summed E-state index contributed by atoms with van der Waals surface area (Å²) < 4.78 is 28.4. The lowest BCUT2D eigenvalue weighted by atomic mass is 10.2. The monoisotopic (exact) mass is 285 g/mol. The van der Waals surface area contributed by atoms with Gasteiger partial charge in [0.25, 0.3) is 0 Å². The van der Waals surface area contributed by atoms with E-state index in [4.69, 9.17) is 5.73 Å². The van der Waals surface area contributed by atoms with Gasteiger partial charge in [-0.2, -0.15) is 13.1 Å². The van der Waals surface area contributed by atoms with Gasteiger partial charge >= 0.3 is 10.2 Å². The lowest BCUT2D eigenvalue weighted by molar-refractivity contribution is 0.556. The molecule has 0 aliphatic heterocycles. The van der Waals surface area contributed by atoms with E-state index in [2.05, 4.69) is 4.72 Å².